The summed E-state index contributed by atoms with van der Waals surface area (Å²) in [7, 11) is 2.01. The van der Waals surface area contributed by atoms with Gasteiger partial charge in [-0.3, -0.25) is 10.1 Å². The van der Waals surface area contributed by atoms with E-state index in [4.69, 9.17) is 0 Å². The molecule has 0 radical (unpaired) electrons. The van der Waals surface area contributed by atoms with Crippen LogP contribution in [-0.4, -0.2) is 57.0 Å². The summed E-state index contributed by atoms with van der Waals surface area (Å²) in [5.41, 5.74) is -0.198. The lowest BCUT2D eigenvalue weighted by Crippen LogP contribution is -2.47. The van der Waals surface area contributed by atoms with Crippen molar-refractivity contribution in [2.45, 2.75) is 46.6 Å². The Morgan fingerprint density at radius 2 is 1.55 bits per heavy atom. The Kier molecular flexibility index (Phi) is 8.12. The minimum atomic E-state index is -1.61. The lowest BCUT2D eigenvalue weighted by Gasteiger charge is -2.45. The predicted octanol–water partition coefficient (Wildman–Crippen LogP) is 5.04. The van der Waals surface area contributed by atoms with Crippen molar-refractivity contribution in [2.75, 3.05) is 20.1 Å². The van der Waals surface area contributed by atoms with Crippen LogP contribution in [0.3, 0.4) is 0 Å². The van der Waals surface area contributed by atoms with Crippen LogP contribution in [0.1, 0.15) is 45.7 Å². The SMILES string of the molecule is CC1=C(C(=O)O)C(C)(c2cccc([N+](=O)[O-])c2)C(C(=O)O)=C(C)N1CC(C)(C)CN(C)Cc1ccccc1. The van der Waals surface area contributed by atoms with E-state index in [1.165, 1.54) is 36.8 Å². The lowest BCUT2D eigenvalue weighted by molar-refractivity contribution is -0.385. The van der Waals surface area contributed by atoms with Crippen molar-refractivity contribution >= 4 is 17.6 Å². The molecule has 0 saturated heterocycles. The highest BCUT2D eigenvalue weighted by Gasteiger charge is 2.49. The van der Waals surface area contributed by atoms with Crippen LogP contribution in [0.5, 0.6) is 0 Å². The van der Waals surface area contributed by atoms with Crippen LogP contribution in [0.25, 0.3) is 0 Å². The quantitative estimate of drug-likeness (QED) is 0.329. The Hall–Kier alpha value is -3.98. The van der Waals surface area contributed by atoms with Gasteiger partial charge in [-0.25, -0.2) is 9.59 Å². The van der Waals surface area contributed by atoms with Crippen LogP contribution in [0.4, 0.5) is 5.69 Å². The van der Waals surface area contributed by atoms with Gasteiger partial charge in [0.1, 0.15) is 0 Å². The van der Waals surface area contributed by atoms with Crippen LogP contribution < -0.4 is 0 Å². The van der Waals surface area contributed by atoms with E-state index < -0.39 is 22.3 Å². The van der Waals surface area contributed by atoms with Gasteiger partial charge in [0.2, 0.25) is 0 Å². The Balaban J connectivity index is 2.06. The summed E-state index contributed by atoms with van der Waals surface area (Å²) in [5.74, 6) is -2.54. The van der Waals surface area contributed by atoms with E-state index in [-0.39, 0.29) is 27.8 Å². The van der Waals surface area contributed by atoms with Crippen LogP contribution in [-0.2, 0) is 21.5 Å². The van der Waals surface area contributed by atoms with Crippen molar-refractivity contribution in [1.29, 1.82) is 0 Å². The van der Waals surface area contributed by atoms with E-state index >= 15 is 0 Å². The fraction of sp³-hybridized carbons (Fsp3) is 0.379. The molecule has 1 aliphatic rings. The number of carboxylic acid groups (broad SMARTS) is 2. The summed E-state index contributed by atoms with van der Waals surface area (Å²) < 4.78 is 0. The largest absolute Gasteiger partial charge is 0.478 e. The monoisotopic (exact) mass is 521 g/mol. The number of carboxylic acids is 2. The number of hydrogen-bond donors (Lipinski definition) is 2. The zero-order valence-electron chi connectivity index (χ0n) is 22.7. The molecule has 2 N–H and O–H groups in total. The first-order valence-electron chi connectivity index (χ1n) is 12.3. The summed E-state index contributed by atoms with van der Waals surface area (Å²) in [4.78, 5) is 40.2. The maximum Gasteiger partial charge on any atom is 0.334 e. The number of allylic oxidation sites excluding steroid dienone is 2. The molecule has 0 unspecified atom stereocenters. The molecule has 9 heteroatoms. The van der Waals surface area contributed by atoms with E-state index in [0.717, 1.165) is 6.54 Å². The van der Waals surface area contributed by atoms with Gasteiger partial charge in [0.15, 0.2) is 0 Å². The lowest BCUT2D eigenvalue weighted by atomic mass is 9.66. The first-order valence-corrected chi connectivity index (χ1v) is 12.3. The number of rotatable bonds is 10. The third-order valence-electron chi connectivity index (χ3n) is 7.17. The zero-order chi connectivity index (χ0) is 28.4. The summed E-state index contributed by atoms with van der Waals surface area (Å²) >= 11 is 0. The van der Waals surface area contributed by atoms with Crippen molar-refractivity contribution in [1.82, 2.24) is 9.80 Å². The molecule has 3 rings (SSSR count). The minimum absolute atomic E-state index is 0.116. The van der Waals surface area contributed by atoms with Crippen molar-refractivity contribution in [3.8, 4) is 0 Å². The van der Waals surface area contributed by atoms with Crippen molar-refractivity contribution in [3.63, 3.8) is 0 Å². The van der Waals surface area contributed by atoms with Gasteiger partial charge in [0.25, 0.3) is 5.69 Å². The Labute approximate surface area is 222 Å². The highest BCUT2D eigenvalue weighted by molar-refractivity contribution is 6.00. The zero-order valence-corrected chi connectivity index (χ0v) is 22.7. The number of aliphatic carboxylic acids is 2. The number of nitro groups is 1. The van der Waals surface area contributed by atoms with E-state index in [1.54, 1.807) is 18.7 Å². The predicted molar refractivity (Wildman–Crippen MR) is 144 cm³/mol. The molecule has 0 bridgehead atoms. The molecule has 0 aliphatic carbocycles. The number of nitro benzene ring substituents is 1. The Bertz CT molecular complexity index is 1270. The van der Waals surface area contributed by atoms with E-state index in [9.17, 15) is 29.9 Å². The first kappa shape index (κ1) is 28.6. The summed E-state index contributed by atoms with van der Waals surface area (Å²) in [6.07, 6.45) is 0. The first-order chi connectivity index (χ1) is 17.7. The maximum absolute atomic E-state index is 12.7. The number of nitrogens with zero attached hydrogens (tertiary/aromatic N) is 3. The standard InChI is InChI=1S/C29H35N3O6/c1-19-24(26(33)34)29(5,22-13-10-14-23(15-22)32(37)38)25(27(35)36)20(2)31(19)18-28(3,4)17-30(6)16-21-11-8-7-9-12-21/h7-15H,16-18H2,1-6H3,(H,33,34)(H,35,36). The fourth-order valence-electron chi connectivity index (χ4n) is 5.72. The smallest absolute Gasteiger partial charge is 0.334 e. The third kappa shape index (κ3) is 5.62. The molecule has 1 aliphatic heterocycles. The van der Waals surface area contributed by atoms with Gasteiger partial charge in [-0.15, -0.1) is 0 Å². The molecule has 9 nitrogen and oxygen atoms in total. The molecule has 202 valence electrons. The second-order valence-corrected chi connectivity index (χ2v) is 10.9. The molecule has 38 heavy (non-hydrogen) atoms. The highest BCUT2D eigenvalue weighted by Crippen LogP contribution is 2.48. The molecule has 0 fully saturated rings. The number of benzene rings is 2. The molecular formula is C29H35N3O6. The molecule has 1 heterocycles. The summed E-state index contributed by atoms with van der Waals surface area (Å²) in [6.45, 7) is 10.8. The van der Waals surface area contributed by atoms with Crippen LogP contribution in [0, 0.1) is 15.5 Å². The number of hydrogen-bond acceptors (Lipinski definition) is 6. The van der Waals surface area contributed by atoms with E-state index in [1.807, 2.05) is 25.2 Å². The molecule has 2 aromatic carbocycles. The Morgan fingerprint density at radius 3 is 2.05 bits per heavy atom. The van der Waals surface area contributed by atoms with Crippen molar-refractivity contribution in [2.24, 2.45) is 5.41 Å². The van der Waals surface area contributed by atoms with Gasteiger partial charge >= 0.3 is 11.9 Å². The average Bonchev–Trinajstić information content (AvgIpc) is 2.81. The van der Waals surface area contributed by atoms with Crippen LogP contribution in [0.2, 0.25) is 0 Å². The molecule has 0 spiro atoms. The van der Waals surface area contributed by atoms with Gasteiger partial charge in [-0.2, -0.15) is 0 Å². The molecule has 0 amide bonds. The summed E-state index contributed by atoms with van der Waals surface area (Å²) in [5, 5.41) is 32.2. The molecule has 0 atom stereocenters. The molecule has 2 aromatic rings. The van der Waals surface area contributed by atoms with Crippen molar-refractivity contribution < 1.29 is 24.7 Å². The highest BCUT2D eigenvalue weighted by atomic mass is 16.6. The van der Waals surface area contributed by atoms with E-state index in [0.29, 0.717) is 24.5 Å². The Morgan fingerprint density at radius 1 is 1.00 bits per heavy atom. The van der Waals surface area contributed by atoms with Gasteiger partial charge in [-0.1, -0.05) is 56.3 Å². The number of non-ortho nitro benzene ring substituents is 1. The topological polar surface area (TPSA) is 124 Å². The van der Waals surface area contributed by atoms with Gasteiger partial charge in [0, 0.05) is 43.2 Å². The molecule has 0 saturated carbocycles. The molecule has 0 aromatic heterocycles. The van der Waals surface area contributed by atoms with Crippen LogP contribution >= 0.6 is 0 Å². The van der Waals surface area contributed by atoms with Gasteiger partial charge < -0.3 is 20.0 Å². The fourth-order valence-corrected chi connectivity index (χ4v) is 5.72. The van der Waals surface area contributed by atoms with Crippen molar-refractivity contribution in [3.05, 3.63) is 98.4 Å². The molecular weight excluding hydrogens is 486 g/mol. The summed E-state index contributed by atoms with van der Waals surface area (Å²) in [6, 6.07) is 15.6. The minimum Gasteiger partial charge on any atom is -0.478 e. The normalized spacial score (nSPS) is 15.7. The van der Waals surface area contributed by atoms with Gasteiger partial charge in [-0.05, 0) is 44.4 Å². The van der Waals surface area contributed by atoms with Gasteiger partial charge in [0.05, 0.1) is 21.5 Å². The van der Waals surface area contributed by atoms with E-state index in [2.05, 4.69) is 30.9 Å². The second kappa shape index (κ2) is 10.8. The van der Waals surface area contributed by atoms with Crippen LogP contribution in [0.15, 0.2) is 77.1 Å². The third-order valence-corrected chi connectivity index (χ3v) is 7.17. The average molecular weight is 522 g/mol. The maximum atomic E-state index is 12.7. The second-order valence-electron chi connectivity index (χ2n) is 10.9. The number of carbonyl (C=O) groups is 2.